The predicted molar refractivity (Wildman–Crippen MR) is 66.5 cm³/mol. The molecule has 0 aliphatic rings. The van der Waals surface area contributed by atoms with E-state index in [1.54, 1.807) is 19.2 Å². The van der Waals surface area contributed by atoms with Gasteiger partial charge >= 0.3 is 0 Å². The van der Waals surface area contributed by atoms with Crippen molar-refractivity contribution in [3.63, 3.8) is 0 Å². The maximum Gasteiger partial charge on any atom is 0.250 e. The van der Waals surface area contributed by atoms with Crippen LogP contribution in [0.4, 0.5) is 0 Å². The Morgan fingerprint density at radius 2 is 2.18 bits per heavy atom. The number of sulfonamides is 1. The van der Waals surface area contributed by atoms with Crippen LogP contribution >= 0.6 is 11.3 Å². The molecular formula is C10H17NO4S2. The molecule has 0 fully saturated rings. The maximum atomic E-state index is 11.9. The summed E-state index contributed by atoms with van der Waals surface area (Å²) in [4.78, 5) is 0. The van der Waals surface area contributed by atoms with Gasteiger partial charge in [-0.1, -0.05) is 0 Å². The molecule has 0 radical (unpaired) electrons. The molecule has 0 aliphatic carbocycles. The highest BCUT2D eigenvalue weighted by Gasteiger charge is 2.22. The fourth-order valence-corrected chi connectivity index (χ4v) is 3.43. The summed E-state index contributed by atoms with van der Waals surface area (Å²) in [6, 6.07) is 1.47. The Morgan fingerprint density at radius 1 is 1.53 bits per heavy atom. The van der Waals surface area contributed by atoms with Gasteiger partial charge in [0.25, 0.3) is 0 Å². The molecule has 2 N–H and O–H groups in total. The van der Waals surface area contributed by atoms with Crippen LogP contribution in [-0.2, 0) is 21.4 Å². The number of aliphatic hydroxyl groups is 1. The number of nitrogens with one attached hydrogen (secondary N) is 1. The van der Waals surface area contributed by atoms with Crippen LogP contribution in [-0.4, -0.2) is 32.8 Å². The summed E-state index contributed by atoms with van der Waals surface area (Å²) in [7, 11) is -1.98. The van der Waals surface area contributed by atoms with Crippen LogP contribution < -0.4 is 4.72 Å². The lowest BCUT2D eigenvalue weighted by atomic mass is 10.1. The van der Waals surface area contributed by atoms with Crippen molar-refractivity contribution in [3.8, 4) is 0 Å². The van der Waals surface area contributed by atoms with Crippen molar-refractivity contribution in [3.05, 3.63) is 17.0 Å². The Bertz CT molecular complexity index is 464. The van der Waals surface area contributed by atoms with Gasteiger partial charge in [0, 0.05) is 13.7 Å². The first-order valence-corrected chi connectivity index (χ1v) is 7.40. The normalized spacial score (nSPS) is 12.9. The van der Waals surface area contributed by atoms with Crippen LogP contribution in [0.5, 0.6) is 0 Å². The molecule has 0 saturated heterocycles. The molecule has 0 aromatic carbocycles. The number of rotatable bonds is 6. The van der Waals surface area contributed by atoms with Crippen LogP contribution in [0, 0.1) is 0 Å². The minimum atomic E-state index is -3.52. The highest BCUT2D eigenvalue weighted by atomic mass is 32.2. The summed E-state index contributed by atoms with van der Waals surface area (Å²) in [5, 5.41) is 10.5. The highest BCUT2D eigenvalue weighted by Crippen LogP contribution is 2.20. The Morgan fingerprint density at radius 3 is 2.65 bits per heavy atom. The van der Waals surface area contributed by atoms with Crippen molar-refractivity contribution in [2.24, 2.45) is 0 Å². The van der Waals surface area contributed by atoms with Crippen molar-refractivity contribution >= 4 is 21.4 Å². The third-order valence-electron chi connectivity index (χ3n) is 2.32. The van der Waals surface area contributed by atoms with E-state index in [2.05, 4.69) is 4.72 Å². The summed E-state index contributed by atoms with van der Waals surface area (Å²) in [6.07, 6.45) is 0. The molecule has 7 heteroatoms. The average Bonchev–Trinajstić information content (AvgIpc) is 2.76. The zero-order chi connectivity index (χ0) is 13.1. The van der Waals surface area contributed by atoms with Crippen LogP contribution in [0.15, 0.2) is 15.7 Å². The van der Waals surface area contributed by atoms with E-state index >= 15 is 0 Å². The van der Waals surface area contributed by atoms with Gasteiger partial charge in [-0.2, -0.15) is 0 Å². The van der Waals surface area contributed by atoms with Crippen molar-refractivity contribution < 1.29 is 18.3 Å². The fraction of sp³-hybridized carbons (Fsp3) is 0.600. The third kappa shape index (κ3) is 4.04. The first kappa shape index (κ1) is 14.6. The monoisotopic (exact) mass is 279 g/mol. The molecule has 1 aromatic heterocycles. The smallest absolute Gasteiger partial charge is 0.250 e. The maximum absolute atomic E-state index is 11.9. The van der Waals surface area contributed by atoms with Gasteiger partial charge in [0.2, 0.25) is 10.0 Å². The van der Waals surface area contributed by atoms with Gasteiger partial charge in [-0.05, 0) is 30.9 Å². The lowest BCUT2D eigenvalue weighted by Gasteiger charge is -2.22. The van der Waals surface area contributed by atoms with Crippen molar-refractivity contribution in [2.45, 2.75) is 30.3 Å². The first-order valence-electron chi connectivity index (χ1n) is 5.04. The van der Waals surface area contributed by atoms with Crippen molar-refractivity contribution in [2.75, 3.05) is 13.7 Å². The molecule has 1 heterocycles. The van der Waals surface area contributed by atoms with Gasteiger partial charge in [-0.3, -0.25) is 0 Å². The van der Waals surface area contributed by atoms with Gasteiger partial charge in [0.1, 0.15) is 4.21 Å². The lowest BCUT2D eigenvalue weighted by Crippen LogP contribution is -2.39. The zero-order valence-corrected chi connectivity index (χ0v) is 11.7. The Labute approximate surface area is 105 Å². The molecule has 0 atom stereocenters. The second-order valence-electron chi connectivity index (χ2n) is 4.22. The van der Waals surface area contributed by atoms with E-state index in [0.717, 1.165) is 11.3 Å². The Hall–Kier alpha value is -0.470. The second kappa shape index (κ2) is 5.45. The van der Waals surface area contributed by atoms with E-state index in [0.29, 0.717) is 5.56 Å². The summed E-state index contributed by atoms with van der Waals surface area (Å²) < 4.78 is 31.6. The molecule has 0 saturated carbocycles. The SMILES string of the molecule is COC(C)(C)CNS(=O)(=O)c1cc(CO)cs1. The lowest BCUT2D eigenvalue weighted by molar-refractivity contribution is 0.0276. The van der Waals surface area contributed by atoms with Crippen LogP contribution in [0.25, 0.3) is 0 Å². The summed E-state index contributed by atoms with van der Waals surface area (Å²) in [5.41, 5.74) is 0.0470. The topological polar surface area (TPSA) is 75.6 Å². The number of aliphatic hydroxyl groups excluding tert-OH is 1. The molecule has 0 aliphatic heterocycles. The quantitative estimate of drug-likeness (QED) is 0.812. The van der Waals surface area contributed by atoms with E-state index in [-0.39, 0.29) is 17.4 Å². The van der Waals surface area contributed by atoms with E-state index in [1.807, 2.05) is 0 Å². The average molecular weight is 279 g/mol. The first-order chi connectivity index (χ1) is 7.80. The van der Waals surface area contributed by atoms with E-state index in [1.165, 1.54) is 13.2 Å². The van der Waals surface area contributed by atoms with Gasteiger partial charge in [-0.15, -0.1) is 11.3 Å². The van der Waals surface area contributed by atoms with Gasteiger partial charge < -0.3 is 9.84 Å². The largest absolute Gasteiger partial charge is 0.392 e. The molecule has 1 rings (SSSR count). The molecule has 0 amide bonds. The Balaban J connectivity index is 2.76. The van der Waals surface area contributed by atoms with Crippen LogP contribution in [0.3, 0.4) is 0 Å². The number of ether oxygens (including phenoxy) is 1. The minimum Gasteiger partial charge on any atom is -0.392 e. The molecule has 0 unspecified atom stereocenters. The summed E-state index contributed by atoms with van der Waals surface area (Å²) >= 11 is 1.09. The number of thiophene rings is 1. The molecule has 98 valence electrons. The van der Waals surface area contributed by atoms with Crippen molar-refractivity contribution in [1.29, 1.82) is 0 Å². The number of methoxy groups -OCH3 is 1. The summed E-state index contributed by atoms with van der Waals surface area (Å²) in [6.45, 7) is 3.62. The highest BCUT2D eigenvalue weighted by molar-refractivity contribution is 7.91. The summed E-state index contributed by atoms with van der Waals surface area (Å²) in [5.74, 6) is 0. The molecular weight excluding hydrogens is 262 g/mol. The zero-order valence-electron chi connectivity index (χ0n) is 10.1. The fourth-order valence-electron chi connectivity index (χ4n) is 0.989. The molecule has 5 nitrogen and oxygen atoms in total. The van der Waals surface area contributed by atoms with Gasteiger partial charge in [-0.25, -0.2) is 13.1 Å². The van der Waals surface area contributed by atoms with E-state index < -0.39 is 15.6 Å². The minimum absolute atomic E-state index is 0.157. The Kier molecular flexibility index (Phi) is 4.68. The number of hydrogen-bond acceptors (Lipinski definition) is 5. The van der Waals surface area contributed by atoms with Crippen LogP contribution in [0.1, 0.15) is 19.4 Å². The van der Waals surface area contributed by atoms with Gasteiger partial charge in [0.05, 0.1) is 12.2 Å². The van der Waals surface area contributed by atoms with E-state index in [4.69, 9.17) is 9.84 Å². The molecule has 0 spiro atoms. The number of hydrogen-bond donors (Lipinski definition) is 2. The molecule has 1 aromatic rings. The third-order valence-corrected chi connectivity index (χ3v) is 5.21. The molecule has 17 heavy (non-hydrogen) atoms. The molecule has 0 bridgehead atoms. The van der Waals surface area contributed by atoms with Crippen molar-refractivity contribution in [1.82, 2.24) is 4.72 Å². The van der Waals surface area contributed by atoms with E-state index in [9.17, 15) is 8.42 Å². The standard InChI is InChI=1S/C10H17NO4S2/c1-10(2,15-3)7-11-17(13,14)9-4-8(5-12)6-16-9/h4,6,11-12H,5,7H2,1-3H3. The second-order valence-corrected chi connectivity index (χ2v) is 7.13. The van der Waals surface area contributed by atoms with Gasteiger partial charge in [0.15, 0.2) is 0 Å². The van der Waals surface area contributed by atoms with Crippen LogP contribution in [0.2, 0.25) is 0 Å². The predicted octanol–water partition coefficient (Wildman–Crippen LogP) is 0.944.